The Hall–Kier alpha value is -1.93. The number of phosphoric ester groups is 1. The lowest BCUT2D eigenvalue weighted by Crippen LogP contribution is -2.64. The minimum absolute atomic E-state index is 0.0835. The first-order valence-electron chi connectivity index (χ1n) is 23.8. The molecule has 1 fully saturated rings. The molecule has 6 unspecified atom stereocenters. The summed E-state index contributed by atoms with van der Waals surface area (Å²) < 4.78 is 33.5. The Morgan fingerprint density at radius 3 is 1.41 bits per heavy atom. The summed E-state index contributed by atoms with van der Waals surface area (Å²) in [5.74, 6) is -1.15. The maximum atomic E-state index is 12.8. The summed E-state index contributed by atoms with van der Waals surface area (Å²) in [5.41, 5.74) is 0. The summed E-state index contributed by atoms with van der Waals surface area (Å²) in [6, 6.07) is 0. The summed E-state index contributed by atoms with van der Waals surface area (Å²) in [7, 11) is -5.13. The largest absolute Gasteiger partial charge is 0.472 e. The summed E-state index contributed by atoms with van der Waals surface area (Å²) in [4.78, 5) is 35.7. The van der Waals surface area contributed by atoms with Gasteiger partial charge >= 0.3 is 19.8 Å². The van der Waals surface area contributed by atoms with Crippen molar-refractivity contribution in [2.24, 2.45) is 0 Å². The maximum Gasteiger partial charge on any atom is 0.472 e. The van der Waals surface area contributed by atoms with Crippen LogP contribution in [0.3, 0.4) is 0 Å². The molecule has 6 N–H and O–H groups in total. The van der Waals surface area contributed by atoms with Gasteiger partial charge in [0.05, 0.1) is 6.61 Å². The number of carbonyl (C=O) groups excluding carboxylic acids is 2. The second kappa shape index (κ2) is 37.4. The van der Waals surface area contributed by atoms with Crippen molar-refractivity contribution in [3.63, 3.8) is 0 Å². The lowest BCUT2D eigenvalue weighted by molar-refractivity contribution is -0.220. The van der Waals surface area contributed by atoms with Gasteiger partial charge in [0.25, 0.3) is 0 Å². The highest BCUT2D eigenvalue weighted by atomic mass is 31.2. The molecule has 356 valence electrons. The Morgan fingerprint density at radius 1 is 0.508 bits per heavy atom. The summed E-state index contributed by atoms with van der Waals surface area (Å²) in [6.45, 7) is 3.25. The van der Waals surface area contributed by atoms with E-state index in [1.54, 1.807) is 0 Å². The van der Waals surface area contributed by atoms with Crippen LogP contribution in [0.4, 0.5) is 0 Å². The predicted octanol–water partition coefficient (Wildman–Crippen LogP) is 9.39. The van der Waals surface area contributed by atoms with E-state index in [0.29, 0.717) is 19.3 Å². The number of hydrogen-bond acceptors (Lipinski definition) is 12. The highest BCUT2D eigenvalue weighted by Crippen LogP contribution is 2.47. The lowest BCUT2D eigenvalue weighted by atomic mass is 9.85. The van der Waals surface area contributed by atoms with Gasteiger partial charge in [-0.25, -0.2) is 4.57 Å². The lowest BCUT2D eigenvalue weighted by Gasteiger charge is -2.41. The average molecular weight is 889 g/mol. The van der Waals surface area contributed by atoms with Crippen molar-refractivity contribution >= 4 is 19.8 Å². The van der Waals surface area contributed by atoms with Crippen LogP contribution in [0.25, 0.3) is 0 Å². The van der Waals surface area contributed by atoms with Crippen LogP contribution in [0.1, 0.15) is 194 Å². The third-order valence-corrected chi connectivity index (χ3v) is 11.9. The fourth-order valence-corrected chi connectivity index (χ4v) is 8.06. The molecule has 0 heterocycles. The van der Waals surface area contributed by atoms with Gasteiger partial charge in [-0.05, 0) is 64.2 Å². The van der Waals surface area contributed by atoms with E-state index >= 15 is 0 Å². The van der Waals surface area contributed by atoms with E-state index in [-0.39, 0.29) is 12.8 Å². The summed E-state index contributed by atoms with van der Waals surface area (Å²) >= 11 is 0. The van der Waals surface area contributed by atoms with Crippen LogP contribution in [0.2, 0.25) is 0 Å². The van der Waals surface area contributed by atoms with Crippen LogP contribution in [0.5, 0.6) is 0 Å². The van der Waals surface area contributed by atoms with Gasteiger partial charge < -0.3 is 39.9 Å². The Labute approximate surface area is 368 Å². The maximum absolute atomic E-state index is 12.8. The molecule has 1 aliphatic carbocycles. The fraction of sp³-hybridized carbons (Fsp3) is 0.830. The number of hydrogen-bond donors (Lipinski definition) is 6. The number of esters is 2. The molecule has 1 saturated carbocycles. The second-order valence-electron chi connectivity index (χ2n) is 16.6. The van der Waals surface area contributed by atoms with Gasteiger partial charge in [0.15, 0.2) is 6.10 Å². The molecule has 0 radical (unpaired) electrons. The van der Waals surface area contributed by atoms with E-state index in [9.17, 15) is 44.6 Å². The fourth-order valence-electron chi connectivity index (χ4n) is 7.09. The topological polar surface area (TPSA) is 210 Å². The molecule has 0 aliphatic heterocycles. The molecule has 0 saturated heterocycles. The van der Waals surface area contributed by atoms with Gasteiger partial charge in [-0.1, -0.05) is 153 Å². The number of aliphatic hydroxyl groups is 5. The number of allylic oxidation sites excluding steroid dienone is 6. The Morgan fingerprint density at radius 2 is 0.902 bits per heavy atom. The SMILES string of the molecule is CCCCCC/C=C/CCCCCCCCCC(=O)O[C@@H](COC(=O)CCC/C=C/C/C=C/CCCCCCCCCCC)COP(=O)(O)OC1C(O)C(O)C(O)[C@H](O)C1O. The monoisotopic (exact) mass is 889 g/mol. The highest BCUT2D eigenvalue weighted by Gasteiger charge is 2.51. The van der Waals surface area contributed by atoms with Gasteiger partial charge in [-0.2, -0.15) is 0 Å². The van der Waals surface area contributed by atoms with Gasteiger partial charge in [-0.3, -0.25) is 18.6 Å². The number of rotatable bonds is 39. The summed E-state index contributed by atoms with van der Waals surface area (Å²) in [6.07, 6.45) is 29.2. The van der Waals surface area contributed by atoms with E-state index in [1.165, 1.54) is 89.9 Å². The Balaban J connectivity index is 2.48. The molecule has 14 heteroatoms. The molecule has 0 aromatic carbocycles. The van der Waals surface area contributed by atoms with Gasteiger partial charge in [0, 0.05) is 12.8 Å². The average Bonchev–Trinajstić information content (AvgIpc) is 3.24. The third-order valence-electron chi connectivity index (χ3n) is 11.0. The van der Waals surface area contributed by atoms with Crippen LogP contribution >= 0.6 is 7.82 Å². The predicted molar refractivity (Wildman–Crippen MR) is 240 cm³/mol. The van der Waals surface area contributed by atoms with Gasteiger partial charge in [-0.15, -0.1) is 0 Å². The normalized spacial score (nSPS) is 22.3. The van der Waals surface area contributed by atoms with E-state index < -0.39 is 75.7 Å². The van der Waals surface area contributed by atoms with Gasteiger partial charge in [0.2, 0.25) is 0 Å². The number of aliphatic hydroxyl groups excluding tert-OH is 5. The first-order valence-corrected chi connectivity index (χ1v) is 25.3. The van der Waals surface area contributed by atoms with Crippen molar-refractivity contribution in [2.45, 2.75) is 236 Å². The third kappa shape index (κ3) is 30.0. The minimum atomic E-state index is -5.13. The van der Waals surface area contributed by atoms with Crippen LogP contribution < -0.4 is 0 Å². The molecule has 0 bridgehead atoms. The standard InChI is InChI=1S/C47H85O13P/c1-3-5-7-9-11-13-15-17-19-20-22-23-25-27-29-31-33-35-40(48)57-37-39(38-58-61(55,56)60-47-45(53)43(51)42(50)44(52)46(47)54)59-41(49)36-34-32-30-28-26-24-21-18-16-14-12-10-8-6-4-2/h14,16,22-23,27,29,39,42-47,50-54H,3-13,15,17-21,24-26,28,30-38H2,1-2H3,(H,55,56)/b16-14+,23-22+,29-27+/t39-,42?,43-,44?,45?,46?,47?/m0/s1. The van der Waals surface area contributed by atoms with Crippen molar-refractivity contribution < 1.29 is 63.1 Å². The molecule has 13 nitrogen and oxygen atoms in total. The molecular weight excluding hydrogens is 803 g/mol. The van der Waals surface area contributed by atoms with E-state index in [0.717, 1.165) is 57.8 Å². The highest BCUT2D eigenvalue weighted by molar-refractivity contribution is 7.47. The second-order valence-corrected chi connectivity index (χ2v) is 18.0. The first-order chi connectivity index (χ1) is 29.4. The number of unbranched alkanes of at least 4 members (excludes halogenated alkanes) is 21. The molecule has 61 heavy (non-hydrogen) atoms. The first kappa shape index (κ1) is 57.1. The Kier molecular flexibility index (Phi) is 35.0. The molecular formula is C47H85O13P. The minimum Gasteiger partial charge on any atom is -0.462 e. The van der Waals surface area contributed by atoms with Gasteiger partial charge in [0.1, 0.15) is 43.2 Å². The van der Waals surface area contributed by atoms with Crippen molar-refractivity contribution in [1.82, 2.24) is 0 Å². The summed E-state index contributed by atoms with van der Waals surface area (Å²) in [5, 5.41) is 50.1. The zero-order valence-electron chi connectivity index (χ0n) is 37.7. The zero-order valence-corrected chi connectivity index (χ0v) is 38.6. The smallest absolute Gasteiger partial charge is 0.462 e. The van der Waals surface area contributed by atoms with Crippen LogP contribution in [0, 0.1) is 0 Å². The Bertz CT molecular complexity index is 1210. The molecule has 0 aromatic rings. The molecule has 1 rings (SSSR count). The van der Waals surface area contributed by atoms with Crippen molar-refractivity contribution in [1.29, 1.82) is 0 Å². The molecule has 0 amide bonds. The number of carbonyl (C=O) groups is 2. The van der Waals surface area contributed by atoms with Crippen molar-refractivity contribution in [2.75, 3.05) is 13.2 Å². The van der Waals surface area contributed by atoms with E-state index in [1.807, 2.05) is 6.08 Å². The van der Waals surface area contributed by atoms with E-state index in [4.69, 9.17) is 18.5 Å². The quantitative estimate of drug-likeness (QED) is 0.0147. The van der Waals surface area contributed by atoms with E-state index in [2.05, 4.69) is 44.2 Å². The zero-order chi connectivity index (χ0) is 45.0. The van der Waals surface area contributed by atoms with Crippen molar-refractivity contribution in [3.05, 3.63) is 36.5 Å². The van der Waals surface area contributed by atoms with Crippen LogP contribution in [-0.4, -0.2) is 98.3 Å². The number of ether oxygens (including phenoxy) is 2. The molecule has 0 spiro atoms. The van der Waals surface area contributed by atoms with Crippen molar-refractivity contribution in [3.8, 4) is 0 Å². The molecule has 1 aliphatic rings. The van der Waals surface area contributed by atoms with Crippen LogP contribution in [0.15, 0.2) is 36.5 Å². The van der Waals surface area contributed by atoms with Crippen LogP contribution in [-0.2, 0) is 32.7 Å². The number of phosphoric acid groups is 1. The molecule has 8 atom stereocenters. The molecule has 0 aromatic heterocycles.